The molecule has 0 N–H and O–H groups in total. The van der Waals surface area contributed by atoms with Crippen molar-refractivity contribution in [2.45, 2.75) is 6.92 Å². The molecule has 0 unspecified atom stereocenters. The van der Waals surface area contributed by atoms with E-state index in [1.165, 1.54) is 0 Å². The molecule has 0 saturated heterocycles. The Bertz CT molecular complexity index is 500. The summed E-state index contributed by atoms with van der Waals surface area (Å²) in [5.74, 6) is 0. The maximum absolute atomic E-state index is 5.83. The molecule has 2 aromatic heterocycles. The van der Waals surface area contributed by atoms with Crippen molar-refractivity contribution in [3.8, 4) is 11.3 Å². The Hall–Kier alpha value is -1.19. The van der Waals surface area contributed by atoms with Gasteiger partial charge in [0.25, 0.3) is 0 Å². The summed E-state index contributed by atoms with van der Waals surface area (Å²) >= 11 is 11.5. The van der Waals surface area contributed by atoms with Gasteiger partial charge in [0.15, 0.2) is 0 Å². The summed E-state index contributed by atoms with van der Waals surface area (Å²) in [6, 6.07) is 3.68. The van der Waals surface area contributed by atoms with Crippen molar-refractivity contribution in [1.82, 2.24) is 15.0 Å². The van der Waals surface area contributed by atoms with E-state index in [0.29, 0.717) is 5.15 Å². The molecule has 0 aliphatic heterocycles. The number of aryl methyl sites for hydroxylation is 1. The molecule has 0 bridgehead atoms. The molecule has 0 aliphatic carbocycles. The van der Waals surface area contributed by atoms with Crippen LogP contribution in [0.2, 0.25) is 10.4 Å². The molecule has 2 aromatic rings. The molecular weight excluding hydrogens is 233 g/mol. The van der Waals surface area contributed by atoms with Gasteiger partial charge in [-0.05, 0) is 36.2 Å². The summed E-state index contributed by atoms with van der Waals surface area (Å²) in [4.78, 5) is 11.9. The molecule has 3 nitrogen and oxygen atoms in total. The summed E-state index contributed by atoms with van der Waals surface area (Å²) in [6.45, 7) is 1.89. The van der Waals surface area contributed by atoms with Crippen LogP contribution in [-0.2, 0) is 0 Å². The fourth-order valence-corrected chi connectivity index (χ4v) is 1.44. The van der Waals surface area contributed by atoms with Crippen LogP contribution < -0.4 is 0 Å². The first-order chi connectivity index (χ1) is 7.16. The van der Waals surface area contributed by atoms with Gasteiger partial charge in [-0.1, -0.05) is 11.6 Å². The Kier molecular flexibility index (Phi) is 2.84. The average Bonchev–Trinajstić information content (AvgIpc) is 2.22. The predicted octanol–water partition coefficient (Wildman–Crippen LogP) is 3.15. The van der Waals surface area contributed by atoms with E-state index in [4.69, 9.17) is 23.2 Å². The molecule has 15 heavy (non-hydrogen) atoms. The summed E-state index contributed by atoms with van der Waals surface area (Å²) < 4.78 is 0. The van der Waals surface area contributed by atoms with Gasteiger partial charge < -0.3 is 0 Å². The summed E-state index contributed by atoms with van der Waals surface area (Å²) in [5.41, 5.74) is 2.52. The van der Waals surface area contributed by atoms with Crippen molar-refractivity contribution < 1.29 is 0 Å². The molecule has 5 heteroatoms. The van der Waals surface area contributed by atoms with Gasteiger partial charge in [-0.15, -0.1) is 0 Å². The first-order valence-electron chi connectivity index (χ1n) is 4.28. The minimum absolute atomic E-state index is 0.222. The van der Waals surface area contributed by atoms with Crippen LogP contribution in [0.15, 0.2) is 24.5 Å². The van der Waals surface area contributed by atoms with Crippen LogP contribution in [0.3, 0.4) is 0 Å². The normalized spacial score (nSPS) is 10.3. The highest BCUT2D eigenvalue weighted by Crippen LogP contribution is 2.21. The zero-order valence-electron chi connectivity index (χ0n) is 7.91. The fraction of sp³-hybridized carbons (Fsp3) is 0.100. The lowest BCUT2D eigenvalue weighted by atomic mass is 10.1. The van der Waals surface area contributed by atoms with Crippen LogP contribution in [0, 0.1) is 6.92 Å². The summed E-state index contributed by atoms with van der Waals surface area (Å²) in [7, 11) is 0. The van der Waals surface area contributed by atoms with E-state index in [0.717, 1.165) is 16.8 Å². The molecule has 0 aliphatic rings. The molecule has 0 saturated carbocycles. The Morgan fingerprint density at radius 3 is 2.67 bits per heavy atom. The molecule has 0 atom stereocenters. The van der Waals surface area contributed by atoms with E-state index in [1.54, 1.807) is 18.5 Å². The van der Waals surface area contributed by atoms with Crippen molar-refractivity contribution in [3.05, 3.63) is 40.5 Å². The van der Waals surface area contributed by atoms with E-state index >= 15 is 0 Å². The van der Waals surface area contributed by atoms with Gasteiger partial charge in [0, 0.05) is 18.0 Å². The van der Waals surface area contributed by atoms with E-state index in [1.807, 2.05) is 13.0 Å². The molecule has 0 amide bonds. The molecular formula is C10H7Cl2N3. The van der Waals surface area contributed by atoms with Crippen LogP contribution in [0.25, 0.3) is 11.3 Å². The third kappa shape index (κ3) is 2.25. The molecule has 2 heterocycles. The molecule has 0 radical (unpaired) electrons. The van der Waals surface area contributed by atoms with E-state index in [-0.39, 0.29) is 5.28 Å². The lowest BCUT2D eigenvalue weighted by molar-refractivity contribution is 1.16. The second-order valence-electron chi connectivity index (χ2n) is 3.04. The Balaban J connectivity index is 2.50. The minimum Gasteiger partial charge on any atom is -0.244 e. The summed E-state index contributed by atoms with van der Waals surface area (Å²) in [5, 5.41) is 0.721. The van der Waals surface area contributed by atoms with Crippen molar-refractivity contribution in [2.75, 3.05) is 0 Å². The fourth-order valence-electron chi connectivity index (χ4n) is 1.19. The van der Waals surface area contributed by atoms with Gasteiger partial charge in [0.05, 0.1) is 5.69 Å². The molecule has 2 rings (SSSR count). The van der Waals surface area contributed by atoms with Crippen LogP contribution in [0.5, 0.6) is 0 Å². The number of pyridine rings is 1. The van der Waals surface area contributed by atoms with E-state index < -0.39 is 0 Å². The Labute approximate surface area is 97.1 Å². The van der Waals surface area contributed by atoms with Crippen molar-refractivity contribution in [1.29, 1.82) is 0 Å². The smallest absolute Gasteiger partial charge is 0.222 e. The highest BCUT2D eigenvalue weighted by atomic mass is 35.5. The molecule has 76 valence electrons. The first-order valence-corrected chi connectivity index (χ1v) is 5.03. The number of halogens is 2. The number of nitrogens with zero attached hydrogens (tertiary/aromatic N) is 3. The second kappa shape index (κ2) is 4.13. The molecule has 0 fully saturated rings. The second-order valence-corrected chi connectivity index (χ2v) is 3.74. The Morgan fingerprint density at radius 2 is 2.00 bits per heavy atom. The van der Waals surface area contributed by atoms with Crippen molar-refractivity contribution in [2.24, 2.45) is 0 Å². The number of hydrogen-bond acceptors (Lipinski definition) is 3. The van der Waals surface area contributed by atoms with E-state index in [9.17, 15) is 0 Å². The number of aromatic nitrogens is 3. The zero-order chi connectivity index (χ0) is 10.8. The monoisotopic (exact) mass is 239 g/mol. The van der Waals surface area contributed by atoms with Gasteiger partial charge in [0.2, 0.25) is 5.28 Å². The first kappa shape index (κ1) is 10.3. The predicted molar refractivity (Wildman–Crippen MR) is 60.0 cm³/mol. The van der Waals surface area contributed by atoms with Gasteiger partial charge in [0.1, 0.15) is 5.15 Å². The maximum atomic E-state index is 5.83. The third-order valence-electron chi connectivity index (χ3n) is 1.94. The van der Waals surface area contributed by atoms with Gasteiger partial charge in [-0.2, -0.15) is 0 Å². The molecule has 0 spiro atoms. The zero-order valence-corrected chi connectivity index (χ0v) is 9.42. The van der Waals surface area contributed by atoms with E-state index in [2.05, 4.69) is 15.0 Å². The minimum atomic E-state index is 0.222. The van der Waals surface area contributed by atoms with Crippen molar-refractivity contribution in [3.63, 3.8) is 0 Å². The lowest BCUT2D eigenvalue weighted by Crippen LogP contribution is -1.89. The molecule has 0 aromatic carbocycles. The maximum Gasteiger partial charge on any atom is 0.222 e. The highest BCUT2D eigenvalue weighted by Gasteiger charge is 2.03. The number of hydrogen-bond donors (Lipinski definition) is 0. The van der Waals surface area contributed by atoms with Crippen LogP contribution in [0.1, 0.15) is 5.56 Å². The van der Waals surface area contributed by atoms with Gasteiger partial charge in [-0.3, -0.25) is 0 Å². The SMILES string of the molecule is Cc1cc(-c2ccnc(Cl)n2)cnc1Cl. The topological polar surface area (TPSA) is 38.7 Å². The quantitative estimate of drug-likeness (QED) is 0.567. The van der Waals surface area contributed by atoms with Crippen LogP contribution in [-0.4, -0.2) is 15.0 Å². The van der Waals surface area contributed by atoms with Gasteiger partial charge >= 0.3 is 0 Å². The standard InChI is InChI=1S/C10H7Cl2N3/c1-6-4-7(5-14-9(6)11)8-2-3-13-10(12)15-8/h2-5H,1H3. The summed E-state index contributed by atoms with van der Waals surface area (Å²) in [6.07, 6.45) is 3.27. The average molecular weight is 240 g/mol. The van der Waals surface area contributed by atoms with Crippen molar-refractivity contribution >= 4 is 23.2 Å². The third-order valence-corrected chi connectivity index (χ3v) is 2.51. The van der Waals surface area contributed by atoms with Crippen LogP contribution >= 0.6 is 23.2 Å². The Morgan fingerprint density at radius 1 is 1.20 bits per heavy atom. The lowest BCUT2D eigenvalue weighted by Gasteiger charge is -2.02. The highest BCUT2D eigenvalue weighted by molar-refractivity contribution is 6.30. The van der Waals surface area contributed by atoms with Gasteiger partial charge in [-0.25, -0.2) is 15.0 Å². The number of rotatable bonds is 1. The largest absolute Gasteiger partial charge is 0.244 e. The van der Waals surface area contributed by atoms with Crippen LogP contribution in [0.4, 0.5) is 0 Å².